The minimum Gasteiger partial charge on any atom is -0.381 e. The number of amides is 1. The van der Waals surface area contributed by atoms with Crippen molar-refractivity contribution in [2.75, 3.05) is 13.2 Å². The number of hydrogen-bond donors (Lipinski definition) is 2. The maximum absolute atomic E-state index is 13.4. The van der Waals surface area contributed by atoms with Gasteiger partial charge in [-0.1, -0.05) is 50.3 Å². The van der Waals surface area contributed by atoms with E-state index in [9.17, 15) is 13.2 Å². The summed E-state index contributed by atoms with van der Waals surface area (Å²) in [4.78, 5) is 19.0. The van der Waals surface area contributed by atoms with E-state index in [2.05, 4.69) is 10.0 Å². The third-order valence-electron chi connectivity index (χ3n) is 7.27. The van der Waals surface area contributed by atoms with Gasteiger partial charge in [0, 0.05) is 41.9 Å². The second-order valence-corrected chi connectivity index (χ2v) is 14.1. The Morgan fingerprint density at radius 2 is 1.82 bits per heavy atom. The molecule has 3 aromatic rings. The van der Waals surface area contributed by atoms with Crippen LogP contribution in [0.25, 0.3) is 21.3 Å². The van der Waals surface area contributed by atoms with E-state index in [1.807, 2.05) is 45.0 Å². The molecule has 38 heavy (non-hydrogen) atoms. The van der Waals surface area contributed by atoms with E-state index in [0.29, 0.717) is 29.7 Å². The maximum Gasteiger partial charge on any atom is 0.305 e. The molecule has 2 aromatic heterocycles. The Hall–Kier alpha value is -2.27. The molecule has 0 atom stereocenters. The van der Waals surface area contributed by atoms with Gasteiger partial charge in [-0.3, -0.25) is 4.79 Å². The third kappa shape index (κ3) is 6.14. The topological polar surface area (TPSA) is 102 Å². The van der Waals surface area contributed by atoms with Crippen molar-refractivity contribution in [3.05, 3.63) is 41.2 Å². The molecule has 10 heteroatoms. The molecule has 8 nitrogen and oxygen atoms in total. The number of benzene rings is 1. The number of ether oxygens (including phenoxy) is 1. The van der Waals surface area contributed by atoms with Crippen LogP contribution in [0.3, 0.4) is 0 Å². The summed E-state index contributed by atoms with van der Waals surface area (Å²) in [5, 5.41) is 4.41. The highest BCUT2D eigenvalue weighted by molar-refractivity contribution is 7.88. The summed E-state index contributed by atoms with van der Waals surface area (Å²) in [6.07, 6.45) is 10.1. The number of para-hydroxylation sites is 1. The zero-order chi connectivity index (χ0) is 26.9. The molecule has 5 rings (SSSR count). The van der Waals surface area contributed by atoms with Gasteiger partial charge in [0.1, 0.15) is 0 Å². The average Bonchev–Trinajstić information content (AvgIpc) is 3.46. The summed E-state index contributed by atoms with van der Waals surface area (Å²) < 4.78 is 36.3. The summed E-state index contributed by atoms with van der Waals surface area (Å²) in [6.45, 7) is 6.78. The predicted molar refractivity (Wildman–Crippen MR) is 152 cm³/mol. The van der Waals surface area contributed by atoms with E-state index in [4.69, 9.17) is 9.72 Å². The van der Waals surface area contributed by atoms with Crippen molar-refractivity contribution < 1.29 is 17.9 Å². The van der Waals surface area contributed by atoms with Crippen molar-refractivity contribution in [2.24, 2.45) is 5.92 Å². The average molecular weight is 559 g/mol. The van der Waals surface area contributed by atoms with Crippen molar-refractivity contribution >= 4 is 38.4 Å². The molecule has 3 heterocycles. The van der Waals surface area contributed by atoms with Gasteiger partial charge >= 0.3 is 10.2 Å². The number of rotatable bonds is 7. The third-order valence-corrected chi connectivity index (χ3v) is 10.1. The lowest BCUT2D eigenvalue weighted by Crippen LogP contribution is -2.43. The van der Waals surface area contributed by atoms with E-state index < -0.39 is 15.7 Å². The van der Waals surface area contributed by atoms with Crippen molar-refractivity contribution in [1.82, 2.24) is 19.0 Å². The van der Waals surface area contributed by atoms with Gasteiger partial charge in [-0.2, -0.15) is 13.1 Å². The zero-order valence-corrected chi connectivity index (χ0v) is 24.1. The molecule has 0 spiro atoms. The maximum atomic E-state index is 13.4. The lowest BCUT2D eigenvalue weighted by Gasteiger charge is -2.22. The van der Waals surface area contributed by atoms with Crippen LogP contribution in [-0.2, 0) is 21.4 Å². The fourth-order valence-corrected chi connectivity index (χ4v) is 8.07. The van der Waals surface area contributed by atoms with Crippen LogP contribution in [0.5, 0.6) is 0 Å². The Labute approximate surface area is 229 Å². The highest BCUT2D eigenvalue weighted by Crippen LogP contribution is 2.39. The molecule has 1 aliphatic carbocycles. The predicted octanol–water partition coefficient (Wildman–Crippen LogP) is 5.28. The van der Waals surface area contributed by atoms with Gasteiger partial charge in [0.2, 0.25) is 0 Å². The Morgan fingerprint density at radius 3 is 2.53 bits per heavy atom. The zero-order valence-electron chi connectivity index (χ0n) is 22.5. The number of hydrogen-bond acceptors (Lipinski definition) is 6. The van der Waals surface area contributed by atoms with Gasteiger partial charge in [0.05, 0.1) is 16.1 Å². The normalized spacial score (nSPS) is 18.2. The number of fused-ring (bicyclic) bond motifs is 1. The van der Waals surface area contributed by atoms with Crippen LogP contribution in [0.2, 0.25) is 0 Å². The minimum atomic E-state index is -3.84. The fraction of sp³-hybridized carbons (Fsp3) is 0.571. The van der Waals surface area contributed by atoms with Crippen LogP contribution in [0, 0.1) is 5.92 Å². The van der Waals surface area contributed by atoms with Crippen LogP contribution >= 0.6 is 11.3 Å². The highest BCUT2D eigenvalue weighted by Gasteiger charge is 2.28. The largest absolute Gasteiger partial charge is 0.381 e. The molecule has 1 aliphatic heterocycles. The Balaban J connectivity index is 1.57. The lowest BCUT2D eigenvalue weighted by atomic mass is 9.85. The van der Waals surface area contributed by atoms with E-state index in [1.165, 1.54) is 34.6 Å². The van der Waals surface area contributed by atoms with Crippen molar-refractivity contribution in [1.29, 1.82) is 0 Å². The summed E-state index contributed by atoms with van der Waals surface area (Å²) in [5.74, 6) is 0.361. The number of nitrogens with one attached hydrogen (secondary N) is 2. The molecule has 0 unspecified atom stereocenters. The quantitative estimate of drug-likeness (QED) is 0.411. The van der Waals surface area contributed by atoms with Crippen LogP contribution in [-0.4, -0.2) is 48.1 Å². The second kappa shape index (κ2) is 11.1. The molecule has 1 saturated carbocycles. The SMILES string of the molecule is CC(C)(C)NS(=O)(=O)n1cc(-c2sc(C(=O)NC3CCOCC3)nc2CC2CCCCC2)c2ccccc21. The molecule has 0 bridgehead atoms. The number of thiazole rings is 1. The van der Waals surface area contributed by atoms with Crippen molar-refractivity contribution in [2.45, 2.75) is 83.7 Å². The second-order valence-electron chi connectivity index (χ2n) is 11.6. The van der Waals surface area contributed by atoms with Gasteiger partial charge in [-0.05, 0) is 52.0 Å². The molecule has 2 fully saturated rings. The molecule has 1 saturated heterocycles. The highest BCUT2D eigenvalue weighted by atomic mass is 32.2. The minimum absolute atomic E-state index is 0.0842. The molecular weight excluding hydrogens is 520 g/mol. The van der Waals surface area contributed by atoms with E-state index in [0.717, 1.165) is 53.6 Å². The Kier molecular flexibility index (Phi) is 7.96. The molecule has 2 aliphatic rings. The molecule has 1 amide bonds. The molecule has 1 aromatic carbocycles. The van der Waals surface area contributed by atoms with Crippen LogP contribution in [0.1, 0.15) is 81.2 Å². The van der Waals surface area contributed by atoms with Gasteiger partial charge < -0.3 is 10.1 Å². The molecule has 0 radical (unpaired) electrons. The standard InChI is InChI=1S/C28H38N4O4S2/c1-28(2,3)31-38(34,35)32-18-22(21-11-7-8-12-24(21)32)25-23(17-19-9-5-4-6-10-19)30-27(37-25)26(33)29-20-13-15-36-16-14-20/h7-8,11-12,18-20,31H,4-6,9-10,13-17H2,1-3H3,(H,29,33). The monoisotopic (exact) mass is 558 g/mol. The fourth-order valence-electron chi connectivity index (χ4n) is 5.52. The van der Waals surface area contributed by atoms with Crippen LogP contribution in [0.4, 0.5) is 0 Å². The first kappa shape index (κ1) is 27.3. The first-order valence-corrected chi connectivity index (χ1v) is 15.9. The van der Waals surface area contributed by atoms with Gasteiger partial charge in [0.15, 0.2) is 5.01 Å². The molecule has 2 N–H and O–H groups in total. The summed E-state index contributed by atoms with van der Waals surface area (Å²) in [5.41, 5.74) is 1.66. The van der Waals surface area contributed by atoms with E-state index in [1.54, 1.807) is 6.20 Å². The number of carbonyl (C=O) groups is 1. The Morgan fingerprint density at radius 1 is 1.11 bits per heavy atom. The van der Waals surface area contributed by atoms with Gasteiger partial charge in [-0.15, -0.1) is 11.3 Å². The summed E-state index contributed by atoms with van der Waals surface area (Å²) >= 11 is 1.37. The number of nitrogens with zero attached hydrogens (tertiary/aromatic N) is 2. The van der Waals surface area contributed by atoms with Crippen molar-refractivity contribution in [3.63, 3.8) is 0 Å². The number of aromatic nitrogens is 2. The van der Waals surface area contributed by atoms with Crippen LogP contribution < -0.4 is 10.0 Å². The smallest absolute Gasteiger partial charge is 0.305 e. The van der Waals surface area contributed by atoms with Gasteiger partial charge in [0.25, 0.3) is 5.91 Å². The van der Waals surface area contributed by atoms with Crippen molar-refractivity contribution in [3.8, 4) is 10.4 Å². The van der Waals surface area contributed by atoms with Gasteiger partial charge in [-0.25, -0.2) is 8.96 Å². The number of carbonyl (C=O) groups excluding carboxylic acids is 1. The first-order chi connectivity index (χ1) is 18.1. The van der Waals surface area contributed by atoms with E-state index >= 15 is 0 Å². The van der Waals surface area contributed by atoms with E-state index in [-0.39, 0.29) is 11.9 Å². The first-order valence-electron chi connectivity index (χ1n) is 13.6. The Bertz CT molecular complexity index is 1390. The molecular formula is C28H38N4O4S2. The molecule has 206 valence electrons. The lowest BCUT2D eigenvalue weighted by molar-refractivity contribution is 0.0696. The summed E-state index contributed by atoms with van der Waals surface area (Å²) in [7, 11) is -3.84. The summed E-state index contributed by atoms with van der Waals surface area (Å²) in [6, 6.07) is 7.61. The van der Waals surface area contributed by atoms with Crippen LogP contribution in [0.15, 0.2) is 30.5 Å².